The number of nitrogens with zero attached hydrogens (tertiary/aromatic N) is 2. The van der Waals surface area contributed by atoms with Crippen molar-refractivity contribution in [1.82, 2.24) is 10.1 Å². The van der Waals surface area contributed by atoms with E-state index in [2.05, 4.69) is 5.16 Å². The van der Waals surface area contributed by atoms with Crippen molar-refractivity contribution in [3.8, 4) is 11.3 Å². The van der Waals surface area contributed by atoms with Gasteiger partial charge < -0.3 is 19.9 Å². The van der Waals surface area contributed by atoms with Crippen molar-refractivity contribution in [2.75, 3.05) is 19.7 Å². The van der Waals surface area contributed by atoms with Crippen LogP contribution in [-0.4, -0.2) is 47.7 Å². The van der Waals surface area contributed by atoms with E-state index in [0.29, 0.717) is 23.6 Å². The van der Waals surface area contributed by atoms with Gasteiger partial charge in [0.05, 0.1) is 13.2 Å². The maximum atomic E-state index is 12.9. The fourth-order valence-electron chi connectivity index (χ4n) is 2.58. The predicted octanol–water partition coefficient (Wildman–Crippen LogP) is 0.976. The average Bonchev–Trinajstić information content (AvgIpc) is 2.96. The van der Waals surface area contributed by atoms with Crippen LogP contribution < -0.4 is 5.73 Å². The number of aryl methyl sites for hydroxylation is 1. The standard InChI is InChI=1S/C16H17N3O4/c1-10-13(14(18-23-10)11-5-3-2-4-6-11)16(21)19-7-8-22-12(9-19)15(17)20/h2-6,12H,7-9H2,1H3,(H2,17,20)/t12-/m1/s1. The molecule has 1 atom stereocenters. The van der Waals surface area contributed by atoms with Gasteiger partial charge in [0, 0.05) is 12.1 Å². The minimum atomic E-state index is -0.784. The molecule has 0 spiro atoms. The molecule has 2 aromatic rings. The first-order chi connectivity index (χ1) is 11.1. The van der Waals surface area contributed by atoms with Crippen molar-refractivity contribution < 1.29 is 18.8 Å². The third-order valence-electron chi connectivity index (χ3n) is 3.79. The maximum absolute atomic E-state index is 12.9. The van der Waals surface area contributed by atoms with Crippen LogP contribution in [0.2, 0.25) is 0 Å². The fraction of sp³-hybridized carbons (Fsp3) is 0.312. The van der Waals surface area contributed by atoms with Crippen molar-refractivity contribution in [1.29, 1.82) is 0 Å². The molecule has 3 rings (SSSR count). The Kier molecular flexibility index (Phi) is 4.12. The summed E-state index contributed by atoms with van der Waals surface area (Å²) in [6.45, 7) is 2.48. The van der Waals surface area contributed by atoms with Crippen LogP contribution in [-0.2, 0) is 9.53 Å². The van der Waals surface area contributed by atoms with Gasteiger partial charge in [-0.3, -0.25) is 9.59 Å². The summed E-state index contributed by atoms with van der Waals surface area (Å²) in [4.78, 5) is 25.7. The highest BCUT2D eigenvalue weighted by Gasteiger charge is 2.32. The quantitative estimate of drug-likeness (QED) is 0.910. The van der Waals surface area contributed by atoms with E-state index in [-0.39, 0.29) is 19.1 Å². The van der Waals surface area contributed by atoms with E-state index in [1.807, 2.05) is 30.3 Å². The average molecular weight is 315 g/mol. The lowest BCUT2D eigenvalue weighted by Gasteiger charge is -2.31. The molecular formula is C16H17N3O4. The van der Waals surface area contributed by atoms with Crippen LogP contribution >= 0.6 is 0 Å². The molecule has 2 amide bonds. The molecule has 1 saturated heterocycles. The molecule has 1 aromatic carbocycles. The second-order valence-electron chi connectivity index (χ2n) is 5.34. The summed E-state index contributed by atoms with van der Waals surface area (Å²) in [5.74, 6) is -0.374. The van der Waals surface area contributed by atoms with Crippen molar-refractivity contribution in [2.24, 2.45) is 5.73 Å². The van der Waals surface area contributed by atoms with Gasteiger partial charge in [-0.2, -0.15) is 0 Å². The Labute approximate surface area is 133 Å². The van der Waals surface area contributed by atoms with Crippen molar-refractivity contribution in [2.45, 2.75) is 13.0 Å². The lowest BCUT2D eigenvalue weighted by Crippen LogP contribution is -2.50. The van der Waals surface area contributed by atoms with Crippen LogP contribution in [0.25, 0.3) is 11.3 Å². The summed E-state index contributed by atoms with van der Waals surface area (Å²) in [5, 5.41) is 4.01. The number of aromatic nitrogens is 1. The molecule has 0 bridgehead atoms. The number of rotatable bonds is 3. The van der Waals surface area contributed by atoms with Gasteiger partial charge in [-0.15, -0.1) is 0 Å². The van der Waals surface area contributed by atoms with E-state index < -0.39 is 12.0 Å². The number of benzene rings is 1. The van der Waals surface area contributed by atoms with Crippen LogP contribution in [0.1, 0.15) is 16.1 Å². The van der Waals surface area contributed by atoms with Crippen LogP contribution in [0.4, 0.5) is 0 Å². The summed E-state index contributed by atoms with van der Waals surface area (Å²) >= 11 is 0. The molecule has 120 valence electrons. The van der Waals surface area contributed by atoms with Gasteiger partial charge >= 0.3 is 0 Å². The first-order valence-electron chi connectivity index (χ1n) is 7.30. The van der Waals surface area contributed by atoms with E-state index in [1.165, 1.54) is 0 Å². The predicted molar refractivity (Wildman–Crippen MR) is 81.5 cm³/mol. The van der Waals surface area contributed by atoms with E-state index in [9.17, 15) is 9.59 Å². The zero-order valence-corrected chi connectivity index (χ0v) is 12.7. The third-order valence-corrected chi connectivity index (χ3v) is 3.79. The Morgan fingerprint density at radius 2 is 2.04 bits per heavy atom. The highest BCUT2D eigenvalue weighted by molar-refractivity contribution is 6.01. The molecule has 2 heterocycles. The summed E-state index contributed by atoms with van der Waals surface area (Å²) in [6.07, 6.45) is -0.784. The highest BCUT2D eigenvalue weighted by atomic mass is 16.5. The molecule has 0 unspecified atom stereocenters. The minimum absolute atomic E-state index is 0.132. The van der Waals surface area contributed by atoms with E-state index in [4.69, 9.17) is 15.0 Å². The number of primary amides is 1. The second kappa shape index (κ2) is 6.21. The smallest absolute Gasteiger partial charge is 0.259 e. The number of amides is 2. The van der Waals surface area contributed by atoms with Gasteiger partial charge in [0.15, 0.2) is 6.10 Å². The van der Waals surface area contributed by atoms with Gasteiger partial charge in [0.2, 0.25) is 5.91 Å². The van der Waals surface area contributed by atoms with Crippen molar-refractivity contribution in [3.05, 3.63) is 41.7 Å². The Morgan fingerprint density at radius 3 is 2.74 bits per heavy atom. The normalized spacial score (nSPS) is 18.0. The first-order valence-corrected chi connectivity index (χ1v) is 7.30. The third kappa shape index (κ3) is 2.95. The monoisotopic (exact) mass is 315 g/mol. The molecular weight excluding hydrogens is 298 g/mol. The Hall–Kier alpha value is -2.67. The SMILES string of the molecule is Cc1onc(-c2ccccc2)c1C(=O)N1CCO[C@@H](C(N)=O)C1. The summed E-state index contributed by atoms with van der Waals surface area (Å²) in [7, 11) is 0. The summed E-state index contributed by atoms with van der Waals surface area (Å²) in [6, 6.07) is 9.34. The molecule has 0 radical (unpaired) electrons. The molecule has 2 N–H and O–H groups in total. The molecule has 1 aliphatic rings. The van der Waals surface area contributed by atoms with Crippen molar-refractivity contribution in [3.63, 3.8) is 0 Å². The lowest BCUT2D eigenvalue weighted by atomic mass is 10.0. The molecule has 0 saturated carbocycles. The maximum Gasteiger partial charge on any atom is 0.259 e. The van der Waals surface area contributed by atoms with Gasteiger partial charge in [0.1, 0.15) is 17.0 Å². The van der Waals surface area contributed by atoms with Gasteiger partial charge in [0.25, 0.3) is 5.91 Å². The summed E-state index contributed by atoms with van der Waals surface area (Å²) < 4.78 is 10.5. The van der Waals surface area contributed by atoms with Crippen molar-refractivity contribution >= 4 is 11.8 Å². The van der Waals surface area contributed by atoms with Crippen LogP contribution in [0.15, 0.2) is 34.9 Å². The number of carbonyl (C=O) groups is 2. The summed E-state index contributed by atoms with van der Waals surface area (Å²) in [5.41, 5.74) is 6.96. The topological polar surface area (TPSA) is 98.7 Å². The number of morpholine rings is 1. The van der Waals surface area contributed by atoms with Crippen LogP contribution in [0.3, 0.4) is 0 Å². The van der Waals surface area contributed by atoms with Gasteiger partial charge in [-0.25, -0.2) is 0 Å². The molecule has 7 nitrogen and oxygen atoms in total. The fourth-order valence-corrected chi connectivity index (χ4v) is 2.58. The van der Waals surface area contributed by atoms with Gasteiger partial charge in [-0.1, -0.05) is 35.5 Å². The zero-order chi connectivity index (χ0) is 16.4. The Bertz CT molecular complexity index is 726. The lowest BCUT2D eigenvalue weighted by molar-refractivity contribution is -0.133. The first kappa shape index (κ1) is 15.2. The van der Waals surface area contributed by atoms with E-state index >= 15 is 0 Å². The van der Waals surface area contributed by atoms with Crippen LogP contribution in [0.5, 0.6) is 0 Å². The number of hydrogen-bond donors (Lipinski definition) is 1. The van der Waals surface area contributed by atoms with Crippen LogP contribution in [0, 0.1) is 6.92 Å². The molecule has 7 heteroatoms. The number of ether oxygens (including phenoxy) is 1. The van der Waals surface area contributed by atoms with Gasteiger partial charge in [-0.05, 0) is 6.92 Å². The Balaban J connectivity index is 1.91. The Morgan fingerprint density at radius 1 is 1.30 bits per heavy atom. The zero-order valence-electron chi connectivity index (χ0n) is 12.7. The number of nitrogens with two attached hydrogens (primary N) is 1. The molecule has 1 fully saturated rings. The van der Waals surface area contributed by atoms with E-state index in [1.54, 1.807) is 11.8 Å². The molecule has 1 aromatic heterocycles. The number of carbonyl (C=O) groups excluding carboxylic acids is 2. The minimum Gasteiger partial charge on any atom is -0.367 e. The molecule has 1 aliphatic heterocycles. The highest BCUT2D eigenvalue weighted by Crippen LogP contribution is 2.26. The number of hydrogen-bond acceptors (Lipinski definition) is 5. The molecule has 0 aliphatic carbocycles. The van der Waals surface area contributed by atoms with E-state index in [0.717, 1.165) is 5.56 Å². The largest absolute Gasteiger partial charge is 0.367 e. The second-order valence-corrected chi connectivity index (χ2v) is 5.34. The molecule has 23 heavy (non-hydrogen) atoms.